The van der Waals surface area contributed by atoms with Crippen molar-refractivity contribution in [3.05, 3.63) is 47.7 Å². The molecule has 0 unspecified atom stereocenters. The molecule has 7 nitrogen and oxygen atoms in total. The molecule has 0 saturated heterocycles. The number of fused-ring (bicyclic) bond motifs is 1. The molecular formula is C21H21N5O2. The number of rotatable bonds is 4. The van der Waals surface area contributed by atoms with Gasteiger partial charge in [-0.25, -0.2) is 9.78 Å². The van der Waals surface area contributed by atoms with Crippen LogP contribution in [0.3, 0.4) is 0 Å². The van der Waals surface area contributed by atoms with Gasteiger partial charge in [-0.3, -0.25) is 0 Å². The van der Waals surface area contributed by atoms with E-state index < -0.39 is 0 Å². The highest BCUT2D eigenvalue weighted by Crippen LogP contribution is 2.26. The van der Waals surface area contributed by atoms with Crippen LogP contribution in [0.2, 0.25) is 0 Å². The molecular weight excluding hydrogens is 354 g/mol. The molecule has 3 aromatic rings. The second kappa shape index (κ2) is 7.07. The molecule has 2 aromatic heterocycles. The van der Waals surface area contributed by atoms with Gasteiger partial charge in [-0.05, 0) is 68.4 Å². The predicted molar refractivity (Wildman–Crippen MR) is 105 cm³/mol. The van der Waals surface area contributed by atoms with Crippen LogP contribution in [0.5, 0.6) is 0 Å². The Bertz CT molecular complexity index is 1030. The Balaban J connectivity index is 1.35. The molecule has 1 fully saturated rings. The topological polar surface area (TPSA) is 92.9 Å². The van der Waals surface area contributed by atoms with Gasteiger partial charge in [0.1, 0.15) is 5.69 Å². The first-order valence-electron chi connectivity index (χ1n) is 9.75. The Morgan fingerprint density at radius 3 is 2.86 bits per heavy atom. The number of pyridine rings is 1. The summed E-state index contributed by atoms with van der Waals surface area (Å²) in [7, 11) is 0. The van der Waals surface area contributed by atoms with Crippen LogP contribution in [0.25, 0.3) is 23.0 Å². The maximum absolute atomic E-state index is 11.9. The van der Waals surface area contributed by atoms with Gasteiger partial charge in [0.25, 0.3) is 5.89 Å². The van der Waals surface area contributed by atoms with Gasteiger partial charge < -0.3 is 15.2 Å². The van der Waals surface area contributed by atoms with Gasteiger partial charge in [0.15, 0.2) is 0 Å². The lowest BCUT2D eigenvalue weighted by atomic mass is 9.96. The summed E-state index contributed by atoms with van der Waals surface area (Å²) in [6.45, 7) is 0. The third-order valence-corrected chi connectivity index (χ3v) is 5.11. The van der Waals surface area contributed by atoms with Crippen molar-refractivity contribution in [3.8, 4) is 23.0 Å². The first-order chi connectivity index (χ1) is 13.7. The van der Waals surface area contributed by atoms with Gasteiger partial charge in [0.05, 0.1) is 0 Å². The molecule has 2 N–H and O–H groups in total. The van der Waals surface area contributed by atoms with E-state index in [4.69, 9.17) is 9.51 Å². The van der Waals surface area contributed by atoms with Crippen molar-refractivity contribution in [2.45, 2.75) is 44.6 Å². The van der Waals surface area contributed by atoms with Gasteiger partial charge >= 0.3 is 6.03 Å². The zero-order valence-corrected chi connectivity index (χ0v) is 15.4. The van der Waals surface area contributed by atoms with Crippen LogP contribution in [0.15, 0.2) is 40.9 Å². The highest BCUT2D eigenvalue weighted by atomic mass is 16.5. The number of carbonyl (C=O) groups excluding carboxylic acids is 1. The highest BCUT2D eigenvalue weighted by Gasteiger charge is 2.23. The Morgan fingerprint density at radius 2 is 1.96 bits per heavy atom. The molecule has 2 amide bonds. The Labute approximate surface area is 162 Å². The van der Waals surface area contributed by atoms with E-state index in [0.717, 1.165) is 42.6 Å². The fourth-order valence-corrected chi connectivity index (χ4v) is 3.46. The molecule has 5 rings (SSSR count). The minimum absolute atomic E-state index is 0.191. The second-order valence-corrected chi connectivity index (χ2v) is 7.39. The van der Waals surface area contributed by atoms with Crippen LogP contribution in [-0.4, -0.2) is 27.2 Å². The van der Waals surface area contributed by atoms with Gasteiger partial charge in [-0.15, -0.1) is 0 Å². The zero-order valence-electron chi connectivity index (χ0n) is 15.4. The number of benzene rings is 1. The van der Waals surface area contributed by atoms with Crippen molar-refractivity contribution in [1.29, 1.82) is 0 Å². The van der Waals surface area contributed by atoms with E-state index in [1.54, 1.807) is 0 Å². The molecule has 0 atom stereocenters. The summed E-state index contributed by atoms with van der Waals surface area (Å²) in [6, 6.07) is 11.6. The molecule has 0 bridgehead atoms. The van der Waals surface area contributed by atoms with E-state index >= 15 is 0 Å². The number of hydrogen-bond acceptors (Lipinski definition) is 5. The monoisotopic (exact) mass is 375 g/mol. The highest BCUT2D eigenvalue weighted by molar-refractivity contribution is 5.90. The molecule has 0 radical (unpaired) electrons. The number of hydrogen-bond donors (Lipinski definition) is 2. The predicted octanol–water partition coefficient (Wildman–Crippen LogP) is 3.96. The van der Waals surface area contributed by atoms with Gasteiger partial charge in [0, 0.05) is 23.0 Å². The van der Waals surface area contributed by atoms with E-state index in [9.17, 15) is 4.79 Å². The van der Waals surface area contributed by atoms with E-state index in [1.165, 1.54) is 18.4 Å². The largest absolute Gasteiger partial charge is 0.335 e. The number of aryl methyl sites for hydroxylation is 2. The zero-order chi connectivity index (χ0) is 18.9. The number of carbonyl (C=O) groups is 1. The molecule has 7 heteroatoms. The summed E-state index contributed by atoms with van der Waals surface area (Å²) in [4.78, 5) is 21.2. The van der Waals surface area contributed by atoms with E-state index in [2.05, 4.69) is 26.8 Å². The van der Waals surface area contributed by atoms with Gasteiger partial charge in [0.2, 0.25) is 5.82 Å². The lowest BCUT2D eigenvalue weighted by molar-refractivity contribution is 0.251. The van der Waals surface area contributed by atoms with Crippen LogP contribution >= 0.6 is 0 Å². The Kier molecular flexibility index (Phi) is 4.27. The number of nitrogens with zero attached hydrogens (tertiary/aromatic N) is 3. The summed E-state index contributed by atoms with van der Waals surface area (Å²) in [6.07, 6.45) is 6.60. The lowest BCUT2D eigenvalue weighted by Crippen LogP contribution is -2.30. The van der Waals surface area contributed by atoms with Crippen molar-refractivity contribution < 1.29 is 9.32 Å². The van der Waals surface area contributed by atoms with Crippen molar-refractivity contribution >= 4 is 11.7 Å². The fourth-order valence-electron chi connectivity index (χ4n) is 3.46. The average molecular weight is 375 g/mol. The second-order valence-electron chi connectivity index (χ2n) is 7.39. The van der Waals surface area contributed by atoms with E-state index in [-0.39, 0.29) is 6.03 Å². The SMILES string of the molecule is O=C(Nc1cccc(-c2nc(-c3ccc4c(n3)CCCC4)no2)c1)NC1CC1. The number of amides is 2. The maximum atomic E-state index is 11.9. The minimum atomic E-state index is -0.191. The van der Waals surface area contributed by atoms with Crippen LogP contribution in [-0.2, 0) is 12.8 Å². The summed E-state index contributed by atoms with van der Waals surface area (Å²) >= 11 is 0. The molecule has 0 spiro atoms. The lowest BCUT2D eigenvalue weighted by Gasteiger charge is -2.14. The molecule has 2 aliphatic carbocycles. The minimum Gasteiger partial charge on any atom is -0.335 e. The molecule has 1 saturated carbocycles. The van der Waals surface area contributed by atoms with E-state index in [1.807, 2.05) is 30.3 Å². The van der Waals surface area contributed by atoms with Crippen molar-refractivity contribution in [1.82, 2.24) is 20.4 Å². The van der Waals surface area contributed by atoms with Crippen molar-refractivity contribution in [2.75, 3.05) is 5.32 Å². The summed E-state index contributed by atoms with van der Waals surface area (Å²) < 4.78 is 5.45. The Morgan fingerprint density at radius 1 is 1.07 bits per heavy atom. The smallest absolute Gasteiger partial charge is 0.319 e. The van der Waals surface area contributed by atoms with Crippen LogP contribution < -0.4 is 10.6 Å². The third-order valence-electron chi connectivity index (χ3n) is 5.11. The van der Waals surface area contributed by atoms with Crippen LogP contribution in [0, 0.1) is 0 Å². The van der Waals surface area contributed by atoms with Crippen LogP contribution in [0.1, 0.15) is 36.9 Å². The standard InChI is InChI=1S/C21H21N5O2/c27-21(22-15-9-10-15)23-16-6-3-5-14(12-16)20-25-19(26-28-20)18-11-8-13-4-1-2-7-17(13)24-18/h3,5-6,8,11-12,15H,1-2,4,7,9-10H2,(H2,22,23,27). The maximum Gasteiger partial charge on any atom is 0.319 e. The molecule has 0 aliphatic heterocycles. The molecule has 2 aliphatic rings. The number of urea groups is 1. The Hall–Kier alpha value is -3.22. The molecule has 28 heavy (non-hydrogen) atoms. The van der Waals surface area contributed by atoms with E-state index in [0.29, 0.717) is 23.4 Å². The summed E-state index contributed by atoms with van der Waals surface area (Å²) in [5, 5.41) is 9.85. The number of aromatic nitrogens is 3. The summed E-state index contributed by atoms with van der Waals surface area (Å²) in [5.74, 6) is 0.883. The van der Waals surface area contributed by atoms with Crippen molar-refractivity contribution in [2.24, 2.45) is 0 Å². The normalized spacial score (nSPS) is 15.7. The fraction of sp³-hybridized carbons (Fsp3) is 0.333. The first-order valence-corrected chi connectivity index (χ1v) is 9.75. The number of nitrogens with one attached hydrogen (secondary N) is 2. The molecule has 2 heterocycles. The molecule has 142 valence electrons. The van der Waals surface area contributed by atoms with Gasteiger partial charge in [-0.2, -0.15) is 4.98 Å². The average Bonchev–Trinajstić information content (AvgIpc) is 3.39. The third kappa shape index (κ3) is 3.60. The summed E-state index contributed by atoms with van der Waals surface area (Å²) in [5.41, 5.74) is 4.63. The van der Waals surface area contributed by atoms with Crippen molar-refractivity contribution in [3.63, 3.8) is 0 Å². The van der Waals surface area contributed by atoms with Gasteiger partial charge in [-0.1, -0.05) is 17.3 Å². The molecule has 1 aromatic carbocycles. The number of anilines is 1. The van der Waals surface area contributed by atoms with Crippen LogP contribution in [0.4, 0.5) is 10.5 Å². The first kappa shape index (κ1) is 16.9. The quantitative estimate of drug-likeness (QED) is 0.720.